The lowest BCUT2D eigenvalue weighted by Crippen LogP contribution is -2.43. The molecule has 5 rings (SSSR count). The van der Waals surface area contributed by atoms with Gasteiger partial charge in [-0.15, -0.1) is 11.3 Å². The van der Waals surface area contributed by atoms with Gasteiger partial charge in [-0.3, -0.25) is 9.80 Å². The minimum atomic E-state index is 0.706. The van der Waals surface area contributed by atoms with Crippen LogP contribution in [0.25, 0.3) is 0 Å². The fraction of sp³-hybridized carbons (Fsp3) is 0.500. The fourth-order valence-electron chi connectivity index (χ4n) is 3.96. The molecule has 0 spiro atoms. The van der Waals surface area contributed by atoms with Crippen molar-refractivity contribution in [3.05, 3.63) is 52.5 Å². The molecule has 2 aromatic rings. The van der Waals surface area contributed by atoms with E-state index in [4.69, 9.17) is 0 Å². The third-order valence-electron chi connectivity index (χ3n) is 5.00. The van der Waals surface area contributed by atoms with Crippen LogP contribution in [0.5, 0.6) is 0 Å². The number of benzene rings is 1. The maximum atomic E-state index is 4.46. The molecule has 3 aliphatic heterocycles. The van der Waals surface area contributed by atoms with Crippen molar-refractivity contribution in [2.24, 2.45) is 5.92 Å². The van der Waals surface area contributed by atoms with Gasteiger partial charge in [0.2, 0.25) is 0 Å². The molecule has 2 bridgehead atoms. The van der Waals surface area contributed by atoms with Gasteiger partial charge in [-0.25, -0.2) is 4.98 Å². The molecule has 0 amide bonds. The predicted octanol–water partition coefficient (Wildman–Crippen LogP) is 3.24. The predicted molar refractivity (Wildman–Crippen MR) is 90.8 cm³/mol. The Morgan fingerprint density at radius 2 is 1.95 bits per heavy atom. The molecule has 3 aliphatic rings. The normalized spacial score (nSPS) is 26.2. The zero-order chi connectivity index (χ0) is 14.8. The third-order valence-corrected chi connectivity index (χ3v) is 5.64. The Morgan fingerprint density at radius 3 is 2.77 bits per heavy atom. The van der Waals surface area contributed by atoms with E-state index in [0.29, 0.717) is 6.04 Å². The van der Waals surface area contributed by atoms with Gasteiger partial charge in [0.25, 0.3) is 0 Å². The number of nitrogens with zero attached hydrogens (tertiary/aromatic N) is 3. The highest BCUT2D eigenvalue weighted by molar-refractivity contribution is 7.07. The standard InChI is InChI=1S/C18H23N3S/c1-2-4-15(5-3-1)9-21-10-16-6-7-18(21)12-20(8-16)11-17-13-22-14-19-17/h1-5,13-14,16,18H,6-12H2/t16-,18+/m0/s1. The minimum absolute atomic E-state index is 0.706. The molecular formula is C18H23N3S. The lowest BCUT2D eigenvalue weighted by atomic mass is 9.94. The van der Waals surface area contributed by atoms with Crippen LogP contribution < -0.4 is 0 Å². The lowest BCUT2D eigenvalue weighted by molar-refractivity contribution is 0.123. The van der Waals surface area contributed by atoms with Crippen LogP contribution in [0, 0.1) is 5.92 Å². The van der Waals surface area contributed by atoms with Crippen molar-refractivity contribution < 1.29 is 0 Å². The fourth-order valence-corrected chi connectivity index (χ4v) is 4.51. The van der Waals surface area contributed by atoms with Crippen LogP contribution in [0.3, 0.4) is 0 Å². The minimum Gasteiger partial charge on any atom is -0.296 e. The first kappa shape index (κ1) is 14.4. The van der Waals surface area contributed by atoms with E-state index in [9.17, 15) is 0 Å². The average Bonchev–Trinajstić information content (AvgIpc) is 2.89. The van der Waals surface area contributed by atoms with Crippen LogP contribution >= 0.6 is 11.3 Å². The first-order valence-electron chi connectivity index (χ1n) is 8.24. The van der Waals surface area contributed by atoms with Gasteiger partial charge in [0.15, 0.2) is 0 Å². The highest BCUT2D eigenvalue weighted by atomic mass is 32.1. The smallest absolute Gasteiger partial charge is 0.0795 e. The zero-order valence-electron chi connectivity index (χ0n) is 12.9. The Labute approximate surface area is 136 Å². The second-order valence-corrected chi connectivity index (χ2v) is 7.40. The number of rotatable bonds is 4. The summed E-state index contributed by atoms with van der Waals surface area (Å²) < 4.78 is 0. The second kappa shape index (κ2) is 6.49. The van der Waals surface area contributed by atoms with Crippen LogP contribution in [0.4, 0.5) is 0 Å². The quantitative estimate of drug-likeness (QED) is 0.864. The summed E-state index contributed by atoms with van der Waals surface area (Å²) in [6.45, 7) is 5.82. The van der Waals surface area contributed by atoms with E-state index >= 15 is 0 Å². The molecule has 0 aliphatic carbocycles. The van der Waals surface area contributed by atoms with Crippen molar-refractivity contribution in [2.45, 2.75) is 32.0 Å². The highest BCUT2D eigenvalue weighted by Crippen LogP contribution is 2.29. The van der Waals surface area contributed by atoms with Crippen molar-refractivity contribution >= 4 is 11.3 Å². The van der Waals surface area contributed by atoms with Gasteiger partial charge < -0.3 is 0 Å². The number of hydrogen-bond acceptors (Lipinski definition) is 4. The molecule has 1 aromatic carbocycles. The molecule has 1 aromatic heterocycles. The Kier molecular flexibility index (Phi) is 4.24. The zero-order valence-corrected chi connectivity index (χ0v) is 13.7. The van der Waals surface area contributed by atoms with E-state index in [2.05, 4.69) is 50.5 Å². The van der Waals surface area contributed by atoms with Gasteiger partial charge >= 0.3 is 0 Å². The second-order valence-electron chi connectivity index (χ2n) is 6.69. The Morgan fingerprint density at radius 1 is 1.05 bits per heavy atom. The Bertz CT molecular complexity index is 584. The van der Waals surface area contributed by atoms with E-state index in [1.807, 2.05) is 5.51 Å². The summed E-state index contributed by atoms with van der Waals surface area (Å²) in [7, 11) is 0. The molecule has 0 saturated carbocycles. The summed E-state index contributed by atoms with van der Waals surface area (Å²) in [5.41, 5.74) is 4.63. The van der Waals surface area contributed by atoms with E-state index in [0.717, 1.165) is 19.0 Å². The van der Waals surface area contributed by atoms with Gasteiger partial charge in [-0.1, -0.05) is 30.3 Å². The topological polar surface area (TPSA) is 19.4 Å². The van der Waals surface area contributed by atoms with Crippen LogP contribution in [-0.2, 0) is 13.1 Å². The number of thiazole rings is 1. The summed E-state index contributed by atoms with van der Waals surface area (Å²) in [5, 5.41) is 2.19. The van der Waals surface area contributed by atoms with E-state index in [-0.39, 0.29) is 0 Å². The van der Waals surface area contributed by atoms with Crippen molar-refractivity contribution in [1.29, 1.82) is 0 Å². The molecule has 4 heterocycles. The van der Waals surface area contributed by atoms with Crippen molar-refractivity contribution in [3.63, 3.8) is 0 Å². The Balaban J connectivity index is 1.44. The monoisotopic (exact) mass is 313 g/mol. The molecule has 0 radical (unpaired) electrons. The lowest BCUT2D eigenvalue weighted by Gasteiger charge is -2.36. The van der Waals surface area contributed by atoms with Gasteiger partial charge in [0, 0.05) is 44.1 Å². The van der Waals surface area contributed by atoms with Crippen LogP contribution in [0.2, 0.25) is 0 Å². The summed E-state index contributed by atoms with van der Waals surface area (Å²) in [5.74, 6) is 0.820. The number of piperidine rings is 1. The van der Waals surface area contributed by atoms with E-state index < -0.39 is 0 Å². The molecule has 3 fully saturated rings. The summed E-state index contributed by atoms with van der Waals surface area (Å²) in [6, 6.07) is 11.6. The number of hydrogen-bond donors (Lipinski definition) is 0. The first-order valence-corrected chi connectivity index (χ1v) is 9.18. The SMILES string of the molecule is c1ccc(CN2C[C@H]3CC[C@@H]2CN(Cc2cscn2)C3)cc1. The molecule has 3 saturated heterocycles. The van der Waals surface area contributed by atoms with Crippen LogP contribution in [0.15, 0.2) is 41.2 Å². The van der Waals surface area contributed by atoms with Gasteiger partial charge in [0.1, 0.15) is 0 Å². The molecular weight excluding hydrogens is 290 g/mol. The van der Waals surface area contributed by atoms with Gasteiger partial charge in [-0.2, -0.15) is 0 Å². The molecule has 0 N–H and O–H groups in total. The van der Waals surface area contributed by atoms with Crippen molar-refractivity contribution in [3.8, 4) is 0 Å². The molecule has 3 nitrogen and oxygen atoms in total. The maximum absolute atomic E-state index is 4.46. The maximum Gasteiger partial charge on any atom is 0.0795 e. The molecule has 0 unspecified atom stereocenters. The summed E-state index contributed by atoms with van der Waals surface area (Å²) >= 11 is 1.70. The first-order chi connectivity index (χ1) is 10.9. The summed E-state index contributed by atoms with van der Waals surface area (Å²) in [4.78, 5) is 9.80. The van der Waals surface area contributed by atoms with Crippen LogP contribution in [0.1, 0.15) is 24.1 Å². The molecule has 4 heteroatoms. The third kappa shape index (κ3) is 3.24. The Hall–Kier alpha value is -1.23. The van der Waals surface area contributed by atoms with Crippen molar-refractivity contribution in [1.82, 2.24) is 14.8 Å². The van der Waals surface area contributed by atoms with Gasteiger partial charge in [0.05, 0.1) is 11.2 Å². The average molecular weight is 313 g/mol. The number of aromatic nitrogens is 1. The molecule has 2 atom stereocenters. The highest BCUT2D eigenvalue weighted by Gasteiger charge is 2.34. The van der Waals surface area contributed by atoms with E-state index in [1.54, 1.807) is 11.3 Å². The molecule has 116 valence electrons. The summed E-state index contributed by atoms with van der Waals surface area (Å²) in [6.07, 6.45) is 2.74. The van der Waals surface area contributed by atoms with Crippen molar-refractivity contribution in [2.75, 3.05) is 19.6 Å². The van der Waals surface area contributed by atoms with Crippen LogP contribution in [-0.4, -0.2) is 40.5 Å². The van der Waals surface area contributed by atoms with E-state index in [1.165, 1.54) is 43.7 Å². The number of fused-ring (bicyclic) bond motifs is 4. The van der Waals surface area contributed by atoms with Gasteiger partial charge in [-0.05, 0) is 24.3 Å². The largest absolute Gasteiger partial charge is 0.296 e. The molecule has 22 heavy (non-hydrogen) atoms.